The molecule has 0 aliphatic heterocycles. The molecule has 0 aliphatic rings. The van der Waals surface area contributed by atoms with E-state index in [4.69, 9.17) is 0 Å². The smallest absolute Gasteiger partial charge is 0.163 e. The van der Waals surface area contributed by atoms with Crippen LogP contribution in [0.3, 0.4) is 0 Å². The first-order chi connectivity index (χ1) is 11.5. The zero-order valence-electron chi connectivity index (χ0n) is 14.6. The van der Waals surface area contributed by atoms with E-state index < -0.39 is 6.10 Å². The van der Waals surface area contributed by atoms with Crippen molar-refractivity contribution in [3.05, 3.63) is 47.4 Å². The number of benzene rings is 1. The quantitative estimate of drug-likeness (QED) is 0.781. The van der Waals surface area contributed by atoms with E-state index in [1.807, 2.05) is 58.3 Å². The van der Waals surface area contributed by atoms with Crippen LogP contribution in [0.1, 0.15) is 29.6 Å². The molecule has 24 heavy (non-hydrogen) atoms. The number of hydrogen-bond acceptors (Lipinski definition) is 5. The van der Waals surface area contributed by atoms with Gasteiger partial charge >= 0.3 is 0 Å². The van der Waals surface area contributed by atoms with Crippen LogP contribution < -0.4 is 4.90 Å². The van der Waals surface area contributed by atoms with Crippen LogP contribution in [0.2, 0.25) is 0 Å². The van der Waals surface area contributed by atoms with E-state index in [1.54, 1.807) is 4.68 Å². The normalized spacial score (nSPS) is 12.5. The summed E-state index contributed by atoms with van der Waals surface area (Å²) in [6.45, 7) is 4.55. The second-order valence-electron chi connectivity index (χ2n) is 6.14. The molecule has 0 bridgehead atoms. The van der Waals surface area contributed by atoms with Gasteiger partial charge in [0.25, 0.3) is 0 Å². The predicted molar refractivity (Wildman–Crippen MR) is 95.1 cm³/mol. The lowest BCUT2D eigenvalue weighted by molar-refractivity contribution is 0.170. The summed E-state index contributed by atoms with van der Waals surface area (Å²) in [5.74, 6) is 1.58. The van der Waals surface area contributed by atoms with Crippen LogP contribution in [-0.4, -0.2) is 38.4 Å². The van der Waals surface area contributed by atoms with E-state index in [9.17, 15) is 5.11 Å². The highest BCUT2D eigenvalue weighted by Crippen LogP contribution is 2.27. The van der Waals surface area contributed by atoms with Crippen LogP contribution >= 0.6 is 0 Å². The monoisotopic (exact) mass is 325 g/mol. The molecule has 6 heteroatoms. The van der Waals surface area contributed by atoms with Gasteiger partial charge in [0.05, 0.1) is 17.2 Å². The number of hydrogen-bond donors (Lipinski definition) is 1. The van der Waals surface area contributed by atoms with Crippen LogP contribution in [0.4, 0.5) is 5.82 Å². The van der Waals surface area contributed by atoms with E-state index in [-0.39, 0.29) is 0 Å². The Bertz CT molecular complexity index is 843. The van der Waals surface area contributed by atoms with Crippen molar-refractivity contribution in [2.24, 2.45) is 7.05 Å². The molecule has 0 saturated carbocycles. The van der Waals surface area contributed by atoms with Crippen molar-refractivity contribution in [2.45, 2.75) is 26.4 Å². The van der Waals surface area contributed by atoms with Crippen LogP contribution in [0.15, 0.2) is 30.3 Å². The van der Waals surface area contributed by atoms with Crippen LogP contribution in [0, 0.1) is 13.8 Å². The van der Waals surface area contributed by atoms with Gasteiger partial charge < -0.3 is 10.0 Å². The second-order valence-corrected chi connectivity index (χ2v) is 6.14. The average Bonchev–Trinajstić information content (AvgIpc) is 2.86. The molecule has 1 unspecified atom stereocenters. The van der Waals surface area contributed by atoms with Crippen molar-refractivity contribution in [2.75, 3.05) is 18.5 Å². The second kappa shape index (κ2) is 6.57. The number of rotatable bonds is 5. The lowest BCUT2D eigenvalue weighted by atomic mass is 10.1. The van der Waals surface area contributed by atoms with E-state index in [0.29, 0.717) is 13.0 Å². The van der Waals surface area contributed by atoms with Crippen LogP contribution in [-0.2, 0) is 7.05 Å². The molecule has 126 valence electrons. The van der Waals surface area contributed by atoms with Crippen molar-refractivity contribution in [1.82, 2.24) is 19.7 Å². The first-order valence-corrected chi connectivity index (χ1v) is 8.09. The van der Waals surface area contributed by atoms with Gasteiger partial charge in [-0.15, -0.1) is 0 Å². The van der Waals surface area contributed by atoms with E-state index in [1.165, 1.54) is 0 Å². The maximum Gasteiger partial charge on any atom is 0.163 e. The van der Waals surface area contributed by atoms with E-state index >= 15 is 0 Å². The number of aliphatic hydroxyl groups excluding tert-OH is 1. The summed E-state index contributed by atoms with van der Waals surface area (Å²) < 4.78 is 1.79. The third-order valence-corrected chi connectivity index (χ3v) is 4.23. The third-order valence-electron chi connectivity index (χ3n) is 4.23. The van der Waals surface area contributed by atoms with Crippen molar-refractivity contribution < 1.29 is 5.11 Å². The molecular formula is C18H23N5O. The average molecular weight is 325 g/mol. The highest BCUT2D eigenvalue weighted by Gasteiger charge is 2.17. The number of aliphatic hydroxyl groups is 1. The minimum absolute atomic E-state index is 0.484. The Morgan fingerprint density at radius 2 is 1.88 bits per heavy atom. The van der Waals surface area contributed by atoms with Gasteiger partial charge in [-0.1, -0.05) is 30.3 Å². The van der Waals surface area contributed by atoms with Gasteiger partial charge in [-0.25, -0.2) is 9.97 Å². The van der Waals surface area contributed by atoms with Crippen molar-refractivity contribution in [3.8, 4) is 0 Å². The zero-order chi connectivity index (χ0) is 17.3. The Labute approximate surface area is 141 Å². The maximum absolute atomic E-state index is 10.4. The highest BCUT2D eigenvalue weighted by atomic mass is 16.3. The minimum Gasteiger partial charge on any atom is -0.388 e. The van der Waals surface area contributed by atoms with Gasteiger partial charge in [-0.3, -0.25) is 4.68 Å². The summed E-state index contributed by atoms with van der Waals surface area (Å²) in [5.41, 5.74) is 2.69. The molecular weight excluding hydrogens is 302 g/mol. The standard InChI is InChI=1S/C18H23N5O/c1-12-16-17(19-13(2)20-18(16)23(4)21-12)22(3)11-10-15(24)14-8-6-5-7-9-14/h5-9,15,24H,10-11H2,1-4H3. The van der Waals surface area contributed by atoms with Crippen molar-refractivity contribution in [3.63, 3.8) is 0 Å². The number of fused-ring (bicyclic) bond motifs is 1. The van der Waals surface area contributed by atoms with Gasteiger partial charge in [0.1, 0.15) is 11.6 Å². The molecule has 0 radical (unpaired) electrons. The van der Waals surface area contributed by atoms with Gasteiger partial charge in [0, 0.05) is 20.6 Å². The number of nitrogens with zero attached hydrogens (tertiary/aromatic N) is 5. The lowest BCUT2D eigenvalue weighted by Crippen LogP contribution is -2.22. The van der Waals surface area contributed by atoms with Gasteiger partial charge in [0.15, 0.2) is 5.65 Å². The summed E-state index contributed by atoms with van der Waals surface area (Å²) in [6, 6.07) is 9.73. The minimum atomic E-state index is -0.484. The number of aromatic nitrogens is 4. The van der Waals surface area contributed by atoms with E-state index in [2.05, 4.69) is 20.0 Å². The number of aryl methyl sites for hydroxylation is 3. The third kappa shape index (κ3) is 3.10. The van der Waals surface area contributed by atoms with Crippen molar-refractivity contribution >= 4 is 16.9 Å². The maximum atomic E-state index is 10.4. The van der Waals surface area contributed by atoms with Crippen LogP contribution in [0.25, 0.3) is 11.0 Å². The fraction of sp³-hybridized carbons (Fsp3) is 0.389. The van der Waals surface area contributed by atoms with Crippen molar-refractivity contribution in [1.29, 1.82) is 0 Å². The summed E-state index contributed by atoms with van der Waals surface area (Å²) in [7, 11) is 3.88. The highest BCUT2D eigenvalue weighted by molar-refractivity contribution is 5.89. The molecule has 0 aliphatic carbocycles. The molecule has 0 amide bonds. The SMILES string of the molecule is Cc1nc(N(C)CCC(O)c2ccccc2)c2c(C)nn(C)c2n1. The Morgan fingerprint density at radius 1 is 1.17 bits per heavy atom. The first-order valence-electron chi connectivity index (χ1n) is 8.09. The molecule has 0 saturated heterocycles. The molecule has 0 spiro atoms. The molecule has 3 aromatic rings. The summed E-state index contributed by atoms with van der Waals surface area (Å²) in [5, 5.41) is 15.8. The summed E-state index contributed by atoms with van der Waals surface area (Å²) in [4.78, 5) is 11.2. The van der Waals surface area contributed by atoms with Gasteiger partial charge in [-0.2, -0.15) is 5.10 Å². The largest absolute Gasteiger partial charge is 0.388 e. The lowest BCUT2D eigenvalue weighted by Gasteiger charge is -2.21. The van der Waals surface area contributed by atoms with E-state index in [0.717, 1.165) is 33.9 Å². The molecule has 2 heterocycles. The first kappa shape index (κ1) is 16.4. The molecule has 3 rings (SSSR count). The molecule has 0 fully saturated rings. The summed E-state index contributed by atoms with van der Waals surface area (Å²) in [6.07, 6.45) is 0.145. The summed E-state index contributed by atoms with van der Waals surface area (Å²) >= 11 is 0. The molecule has 1 N–H and O–H groups in total. The molecule has 6 nitrogen and oxygen atoms in total. The Hall–Kier alpha value is -2.47. The Balaban J connectivity index is 1.83. The predicted octanol–water partition coefficient (Wildman–Crippen LogP) is 2.54. The van der Waals surface area contributed by atoms with Gasteiger partial charge in [-0.05, 0) is 25.8 Å². The fourth-order valence-electron chi connectivity index (χ4n) is 2.96. The van der Waals surface area contributed by atoms with Crippen LogP contribution in [0.5, 0.6) is 0 Å². The Kier molecular flexibility index (Phi) is 4.49. The topological polar surface area (TPSA) is 67.1 Å². The molecule has 1 atom stereocenters. The Morgan fingerprint density at radius 3 is 2.58 bits per heavy atom. The molecule has 2 aromatic heterocycles. The van der Waals surface area contributed by atoms with Gasteiger partial charge in [0.2, 0.25) is 0 Å². The fourth-order valence-corrected chi connectivity index (χ4v) is 2.96. The zero-order valence-corrected chi connectivity index (χ0v) is 14.6. The molecule has 1 aromatic carbocycles. The number of anilines is 1.